The van der Waals surface area contributed by atoms with Crippen LogP contribution in [0.3, 0.4) is 0 Å². The number of hydrogen-bond donors (Lipinski definition) is 1. The Labute approximate surface area is 80.1 Å². The maximum Gasteiger partial charge on any atom is 0.214 e. The molecular weight excluding hydrogens is 188 g/mol. The van der Waals surface area contributed by atoms with Gasteiger partial charge in [0, 0.05) is 18.6 Å². The summed E-state index contributed by atoms with van der Waals surface area (Å²) in [5.41, 5.74) is 5.23. The lowest BCUT2D eigenvalue weighted by Crippen LogP contribution is -2.51. The number of rotatable bonds is 3. The molecule has 5 heteroatoms. The number of nitrogens with zero attached hydrogens (tertiary/aromatic N) is 1. The van der Waals surface area contributed by atoms with Gasteiger partial charge in [-0.3, -0.25) is 0 Å². The van der Waals surface area contributed by atoms with Gasteiger partial charge >= 0.3 is 0 Å². The van der Waals surface area contributed by atoms with Crippen molar-refractivity contribution in [2.45, 2.75) is 32.2 Å². The number of nitrogens with two attached hydrogens (primary N) is 1. The summed E-state index contributed by atoms with van der Waals surface area (Å²) in [4.78, 5) is 0. The first-order valence-electron chi connectivity index (χ1n) is 4.67. The van der Waals surface area contributed by atoms with Crippen molar-refractivity contribution in [1.82, 2.24) is 4.31 Å². The van der Waals surface area contributed by atoms with Gasteiger partial charge in [0.05, 0.1) is 5.75 Å². The fraction of sp³-hybridized carbons (Fsp3) is 1.00. The Morgan fingerprint density at radius 3 is 2.46 bits per heavy atom. The molecule has 0 bridgehead atoms. The predicted molar refractivity (Wildman–Crippen MR) is 52.9 cm³/mol. The van der Waals surface area contributed by atoms with Gasteiger partial charge in [-0.05, 0) is 19.8 Å². The highest BCUT2D eigenvalue weighted by molar-refractivity contribution is 7.89. The predicted octanol–water partition coefficient (Wildman–Crippen LogP) is 0.149. The summed E-state index contributed by atoms with van der Waals surface area (Å²) >= 11 is 0. The maximum atomic E-state index is 11.6. The minimum atomic E-state index is -3.02. The fourth-order valence-corrected chi connectivity index (χ4v) is 3.66. The van der Waals surface area contributed by atoms with E-state index in [1.165, 1.54) is 0 Å². The molecule has 1 fully saturated rings. The standard InChI is InChI=1S/C8H18N2O2S/c1-3-8(2,7-9)10-5-4-6-13(10,11)12/h3-7,9H2,1-2H3. The van der Waals surface area contributed by atoms with E-state index in [-0.39, 0.29) is 11.3 Å². The zero-order chi connectivity index (χ0) is 10.1. The first-order valence-corrected chi connectivity index (χ1v) is 6.28. The first kappa shape index (κ1) is 10.9. The Bertz CT molecular complexity index is 270. The molecule has 0 aliphatic carbocycles. The highest BCUT2D eigenvalue weighted by atomic mass is 32.2. The van der Waals surface area contributed by atoms with Crippen LogP contribution < -0.4 is 5.73 Å². The molecule has 0 saturated carbocycles. The van der Waals surface area contributed by atoms with Gasteiger partial charge in [-0.15, -0.1) is 0 Å². The van der Waals surface area contributed by atoms with Crippen LogP contribution in [-0.2, 0) is 10.0 Å². The van der Waals surface area contributed by atoms with Gasteiger partial charge in [0.25, 0.3) is 0 Å². The molecule has 1 aliphatic rings. The molecule has 1 rings (SSSR count). The minimum absolute atomic E-state index is 0.280. The molecule has 0 aromatic rings. The van der Waals surface area contributed by atoms with Crippen molar-refractivity contribution in [3.63, 3.8) is 0 Å². The largest absolute Gasteiger partial charge is 0.329 e. The third kappa shape index (κ3) is 1.87. The van der Waals surface area contributed by atoms with E-state index in [0.717, 1.165) is 12.8 Å². The van der Waals surface area contributed by atoms with Crippen molar-refractivity contribution in [1.29, 1.82) is 0 Å². The number of hydrogen-bond acceptors (Lipinski definition) is 3. The SMILES string of the molecule is CCC(C)(CN)N1CCCS1(=O)=O. The van der Waals surface area contributed by atoms with Crippen LogP contribution in [0.5, 0.6) is 0 Å². The summed E-state index contributed by atoms with van der Waals surface area (Å²) in [5.74, 6) is 0.280. The second kappa shape index (κ2) is 3.55. The highest BCUT2D eigenvalue weighted by Crippen LogP contribution is 2.26. The van der Waals surface area contributed by atoms with Crippen LogP contribution >= 0.6 is 0 Å². The molecule has 4 nitrogen and oxygen atoms in total. The molecule has 1 heterocycles. The lowest BCUT2D eigenvalue weighted by atomic mass is 9.99. The molecule has 1 aliphatic heterocycles. The monoisotopic (exact) mass is 206 g/mol. The van der Waals surface area contributed by atoms with Gasteiger partial charge in [0.1, 0.15) is 0 Å². The Balaban J connectivity index is 2.93. The second-order valence-electron chi connectivity index (χ2n) is 3.80. The fourth-order valence-electron chi connectivity index (χ4n) is 1.67. The quantitative estimate of drug-likeness (QED) is 0.715. The van der Waals surface area contributed by atoms with E-state index in [9.17, 15) is 8.42 Å². The summed E-state index contributed by atoms with van der Waals surface area (Å²) in [5, 5.41) is 0. The van der Waals surface area contributed by atoms with Crippen molar-refractivity contribution in [2.24, 2.45) is 5.73 Å². The third-order valence-electron chi connectivity index (χ3n) is 2.90. The summed E-state index contributed by atoms with van der Waals surface area (Å²) in [6.07, 6.45) is 1.50. The molecule has 1 atom stereocenters. The Morgan fingerprint density at radius 1 is 1.54 bits per heavy atom. The summed E-state index contributed by atoms with van der Waals surface area (Å²) in [6.45, 7) is 4.91. The third-order valence-corrected chi connectivity index (χ3v) is 5.00. The minimum Gasteiger partial charge on any atom is -0.329 e. The van der Waals surface area contributed by atoms with Crippen molar-refractivity contribution in [3.05, 3.63) is 0 Å². The van der Waals surface area contributed by atoms with Crippen LogP contribution in [0.2, 0.25) is 0 Å². The molecule has 2 N–H and O–H groups in total. The molecule has 0 radical (unpaired) electrons. The topological polar surface area (TPSA) is 63.4 Å². The van der Waals surface area contributed by atoms with Crippen LogP contribution in [0.25, 0.3) is 0 Å². The van der Waals surface area contributed by atoms with Gasteiger partial charge in [0.2, 0.25) is 10.0 Å². The number of sulfonamides is 1. The first-order chi connectivity index (χ1) is 5.96. The molecule has 13 heavy (non-hydrogen) atoms. The van der Waals surface area contributed by atoms with E-state index >= 15 is 0 Å². The van der Waals surface area contributed by atoms with E-state index in [2.05, 4.69) is 0 Å². The molecule has 1 saturated heterocycles. The maximum absolute atomic E-state index is 11.6. The zero-order valence-corrected chi connectivity index (χ0v) is 9.10. The van der Waals surface area contributed by atoms with Crippen LogP contribution in [0.15, 0.2) is 0 Å². The normalized spacial score (nSPS) is 27.3. The lowest BCUT2D eigenvalue weighted by Gasteiger charge is -2.35. The average molecular weight is 206 g/mol. The van der Waals surface area contributed by atoms with E-state index < -0.39 is 10.0 Å². The average Bonchev–Trinajstić information content (AvgIpc) is 2.44. The molecule has 0 spiro atoms. The van der Waals surface area contributed by atoms with Crippen molar-refractivity contribution < 1.29 is 8.42 Å². The van der Waals surface area contributed by atoms with Crippen molar-refractivity contribution in [2.75, 3.05) is 18.8 Å². The lowest BCUT2D eigenvalue weighted by molar-refractivity contribution is 0.220. The van der Waals surface area contributed by atoms with Gasteiger partial charge in [-0.1, -0.05) is 6.92 Å². The second-order valence-corrected chi connectivity index (χ2v) is 5.81. The molecular formula is C8H18N2O2S. The van der Waals surface area contributed by atoms with Crippen LogP contribution in [0, 0.1) is 0 Å². The van der Waals surface area contributed by atoms with E-state index in [1.54, 1.807) is 4.31 Å². The van der Waals surface area contributed by atoms with Gasteiger partial charge in [-0.25, -0.2) is 8.42 Å². The van der Waals surface area contributed by atoms with Gasteiger partial charge in [-0.2, -0.15) is 4.31 Å². The van der Waals surface area contributed by atoms with Crippen LogP contribution in [0.1, 0.15) is 26.7 Å². The van der Waals surface area contributed by atoms with Crippen LogP contribution in [0.4, 0.5) is 0 Å². The van der Waals surface area contributed by atoms with Gasteiger partial charge < -0.3 is 5.73 Å². The molecule has 1 unspecified atom stereocenters. The summed E-state index contributed by atoms with van der Waals surface area (Å²) in [7, 11) is -3.02. The molecule has 78 valence electrons. The zero-order valence-electron chi connectivity index (χ0n) is 8.28. The summed E-state index contributed by atoms with van der Waals surface area (Å²) < 4.78 is 24.8. The summed E-state index contributed by atoms with van der Waals surface area (Å²) in [6, 6.07) is 0. The van der Waals surface area contributed by atoms with E-state index in [1.807, 2.05) is 13.8 Å². The molecule has 0 aromatic carbocycles. The molecule has 0 amide bonds. The van der Waals surface area contributed by atoms with Crippen molar-refractivity contribution in [3.8, 4) is 0 Å². The Hall–Kier alpha value is -0.130. The van der Waals surface area contributed by atoms with E-state index in [4.69, 9.17) is 5.73 Å². The van der Waals surface area contributed by atoms with Crippen molar-refractivity contribution >= 4 is 10.0 Å². The van der Waals surface area contributed by atoms with E-state index in [0.29, 0.717) is 13.1 Å². The highest BCUT2D eigenvalue weighted by Gasteiger charge is 2.40. The smallest absolute Gasteiger partial charge is 0.214 e. The van der Waals surface area contributed by atoms with Gasteiger partial charge in [0.15, 0.2) is 0 Å². The Kier molecular flexibility index (Phi) is 2.99. The molecule has 0 aromatic heterocycles. The Morgan fingerprint density at radius 2 is 2.15 bits per heavy atom. The van der Waals surface area contributed by atoms with Crippen LogP contribution in [-0.4, -0.2) is 37.1 Å².